The monoisotopic (exact) mass is 512 g/mol. The lowest BCUT2D eigenvalue weighted by Gasteiger charge is -1.93. The number of fused-ring (bicyclic) bond motifs is 1. The van der Waals surface area contributed by atoms with E-state index < -0.39 is 0 Å². The number of hydrogen-bond acceptors (Lipinski definition) is 1. The molecule has 0 aliphatic carbocycles. The van der Waals surface area contributed by atoms with Gasteiger partial charge in [0.1, 0.15) is 0 Å². The Labute approximate surface area is 116 Å². The summed E-state index contributed by atoms with van der Waals surface area (Å²) in [4.78, 5) is 0. The molecule has 0 N–H and O–H groups in total. The Morgan fingerprint density at radius 1 is 1.08 bits per heavy atom. The quantitative estimate of drug-likeness (QED) is 0.449. The van der Waals surface area contributed by atoms with Crippen molar-refractivity contribution in [2.45, 2.75) is 0 Å². The van der Waals surface area contributed by atoms with Gasteiger partial charge in [0.2, 0.25) is 0 Å². The molecule has 0 aliphatic rings. The zero-order chi connectivity index (χ0) is 8.72. The maximum absolute atomic E-state index is 2.42. The van der Waals surface area contributed by atoms with Gasteiger partial charge in [0.15, 0.2) is 0 Å². The van der Waals surface area contributed by atoms with E-state index in [1.165, 1.54) is 20.1 Å². The Morgan fingerprint density at radius 2 is 1.83 bits per heavy atom. The molecule has 0 saturated carbocycles. The smallest absolute Gasteiger partial charge is 0.0799 e. The number of hydrogen-bond donors (Lipinski definition) is 0. The molecule has 0 fully saturated rings. The van der Waals surface area contributed by atoms with E-state index >= 15 is 0 Å². The van der Waals surface area contributed by atoms with Crippen LogP contribution in [-0.2, 0) is 0 Å². The number of rotatable bonds is 0. The first-order chi connectivity index (χ1) is 5.70. The molecule has 12 heavy (non-hydrogen) atoms. The fourth-order valence-electron chi connectivity index (χ4n) is 1.04. The van der Waals surface area contributed by atoms with Crippen molar-refractivity contribution in [2.24, 2.45) is 0 Å². The van der Waals surface area contributed by atoms with E-state index in [2.05, 4.69) is 86.0 Å². The van der Waals surface area contributed by atoms with Gasteiger partial charge in [-0.25, -0.2) is 0 Å². The molecule has 62 valence electrons. The summed E-state index contributed by atoms with van der Waals surface area (Å²) in [6.45, 7) is 0. The fourth-order valence-corrected chi connectivity index (χ4v) is 5.43. The molecule has 4 heteroatoms. The molecule has 1 aromatic carbocycles. The third-order valence-electron chi connectivity index (χ3n) is 1.57. The molecule has 0 saturated heterocycles. The van der Waals surface area contributed by atoms with Gasteiger partial charge in [0, 0.05) is 17.2 Å². The van der Waals surface area contributed by atoms with Crippen LogP contribution in [0, 0.1) is 10.0 Å². The van der Waals surface area contributed by atoms with Crippen molar-refractivity contribution in [3.8, 4) is 0 Å². The van der Waals surface area contributed by atoms with Gasteiger partial charge < -0.3 is 0 Å². The summed E-state index contributed by atoms with van der Waals surface area (Å²) in [6.07, 6.45) is 0. The topological polar surface area (TPSA) is 0 Å². The Balaban J connectivity index is 2.97. The van der Waals surface area contributed by atoms with Crippen LogP contribution in [0.25, 0.3) is 10.1 Å². The maximum Gasteiger partial charge on any atom is 0.0799 e. The summed E-state index contributed by atoms with van der Waals surface area (Å²) in [5, 5.41) is 1.42. The summed E-state index contributed by atoms with van der Waals surface area (Å²) in [7, 11) is 0. The normalized spacial score (nSPS) is 10.9. The van der Waals surface area contributed by atoms with Gasteiger partial charge in [-0.1, -0.05) is 6.07 Å². The summed E-state index contributed by atoms with van der Waals surface area (Å²) in [6, 6.07) is 6.47. The van der Waals surface area contributed by atoms with Crippen molar-refractivity contribution in [2.75, 3.05) is 0 Å². The molecule has 0 spiro atoms. The Kier molecular flexibility index (Phi) is 3.18. The molecule has 0 radical (unpaired) electrons. The minimum atomic E-state index is 1.36. The summed E-state index contributed by atoms with van der Waals surface area (Å²) in [5.41, 5.74) is 0. The van der Waals surface area contributed by atoms with Crippen molar-refractivity contribution in [1.29, 1.82) is 0 Å². The molecule has 2 aromatic rings. The average Bonchev–Trinajstić information content (AvgIpc) is 2.29. The molecule has 0 unspecified atom stereocenters. The van der Waals surface area contributed by atoms with Crippen LogP contribution in [0.15, 0.2) is 18.2 Å². The summed E-state index contributed by atoms with van der Waals surface area (Å²) in [5.74, 6) is 0. The van der Waals surface area contributed by atoms with E-state index in [1.807, 2.05) is 11.3 Å². The van der Waals surface area contributed by atoms with Crippen molar-refractivity contribution in [3.63, 3.8) is 0 Å². The highest BCUT2D eigenvalue weighted by Crippen LogP contribution is 2.35. The SMILES string of the molecule is Ic1sc2cccc(I)c2c1I. The number of benzene rings is 1. The second-order valence-corrected chi connectivity index (χ2v) is 7.41. The van der Waals surface area contributed by atoms with Crippen LogP contribution in [0.4, 0.5) is 0 Å². The van der Waals surface area contributed by atoms with E-state index in [9.17, 15) is 0 Å². The molecule has 1 aromatic heterocycles. The van der Waals surface area contributed by atoms with Crippen LogP contribution in [0.2, 0.25) is 0 Å². The highest BCUT2D eigenvalue weighted by molar-refractivity contribution is 14.1. The Morgan fingerprint density at radius 3 is 2.50 bits per heavy atom. The third-order valence-corrected chi connectivity index (χ3v) is 7.09. The average molecular weight is 512 g/mol. The largest absolute Gasteiger partial charge is 0.128 e. The molecule has 2 rings (SSSR count). The predicted octanol–water partition coefficient (Wildman–Crippen LogP) is 4.72. The molecule has 0 bridgehead atoms. The zero-order valence-corrected chi connectivity index (χ0v) is 13.1. The molecular weight excluding hydrogens is 509 g/mol. The van der Waals surface area contributed by atoms with Crippen molar-refractivity contribution >= 4 is 89.2 Å². The molecular formula is C8H3I3S. The van der Waals surface area contributed by atoms with Crippen LogP contribution in [0.3, 0.4) is 0 Å². The van der Waals surface area contributed by atoms with Gasteiger partial charge in [-0.3, -0.25) is 0 Å². The van der Waals surface area contributed by atoms with E-state index in [4.69, 9.17) is 0 Å². The van der Waals surface area contributed by atoms with Crippen LogP contribution in [0.5, 0.6) is 0 Å². The minimum absolute atomic E-state index is 1.36. The van der Waals surface area contributed by atoms with Crippen molar-refractivity contribution in [1.82, 2.24) is 0 Å². The van der Waals surface area contributed by atoms with Gasteiger partial charge in [-0.2, -0.15) is 0 Å². The molecule has 0 nitrogen and oxygen atoms in total. The third kappa shape index (κ3) is 1.63. The highest BCUT2D eigenvalue weighted by Gasteiger charge is 2.08. The number of halogens is 3. The van der Waals surface area contributed by atoms with E-state index in [0.717, 1.165) is 0 Å². The predicted molar refractivity (Wildman–Crippen MR) is 80.0 cm³/mol. The summed E-state index contributed by atoms with van der Waals surface area (Å²) >= 11 is 9.09. The van der Waals surface area contributed by atoms with Crippen LogP contribution in [0.1, 0.15) is 0 Å². The lowest BCUT2D eigenvalue weighted by atomic mass is 10.3. The second-order valence-electron chi connectivity index (χ2n) is 2.30. The Hall–Kier alpha value is 1.37. The van der Waals surface area contributed by atoms with E-state index in [1.54, 1.807) is 0 Å². The van der Waals surface area contributed by atoms with Crippen LogP contribution in [-0.4, -0.2) is 0 Å². The van der Waals surface area contributed by atoms with E-state index in [-0.39, 0.29) is 0 Å². The minimum Gasteiger partial charge on any atom is -0.128 e. The summed E-state index contributed by atoms with van der Waals surface area (Å²) < 4.78 is 5.55. The fraction of sp³-hybridized carbons (Fsp3) is 0. The molecule has 0 amide bonds. The van der Waals surface area contributed by atoms with Gasteiger partial charge >= 0.3 is 0 Å². The zero-order valence-electron chi connectivity index (χ0n) is 5.77. The first-order valence-corrected chi connectivity index (χ1v) is 7.27. The van der Waals surface area contributed by atoms with Gasteiger partial charge in [-0.15, -0.1) is 11.3 Å². The first-order valence-electron chi connectivity index (χ1n) is 3.22. The van der Waals surface area contributed by atoms with Gasteiger partial charge in [0.05, 0.1) is 2.88 Å². The first kappa shape index (κ1) is 9.91. The Bertz CT molecular complexity index is 433. The lowest BCUT2D eigenvalue weighted by molar-refractivity contribution is 1.75. The van der Waals surface area contributed by atoms with Crippen molar-refractivity contribution in [3.05, 3.63) is 28.2 Å². The van der Waals surface area contributed by atoms with E-state index in [0.29, 0.717) is 0 Å². The maximum atomic E-state index is 2.42. The molecule has 1 heterocycles. The van der Waals surface area contributed by atoms with Crippen LogP contribution >= 0.6 is 79.1 Å². The lowest BCUT2D eigenvalue weighted by Crippen LogP contribution is -1.74. The van der Waals surface area contributed by atoms with Crippen LogP contribution < -0.4 is 0 Å². The standard InChI is InChI=1S/C8H3I3S/c9-4-2-1-3-5-6(4)7(10)8(11)12-5/h1-3H. The van der Waals surface area contributed by atoms with Crippen molar-refractivity contribution < 1.29 is 0 Å². The van der Waals surface area contributed by atoms with Gasteiger partial charge in [-0.05, 0) is 79.9 Å². The van der Waals surface area contributed by atoms with Gasteiger partial charge in [0.25, 0.3) is 0 Å². The second kappa shape index (κ2) is 3.85. The molecule has 0 aliphatic heterocycles. The highest BCUT2D eigenvalue weighted by atomic mass is 127. The number of thiophene rings is 1. The molecule has 0 atom stereocenters.